The SMILES string of the molecule is Cc1cc(=O)n(-c2cc(F)ccc2F)c(=O)n1N1C(=O)c2ccccc2C1=O. The van der Waals surface area contributed by atoms with Crippen LogP contribution in [-0.4, -0.2) is 21.1 Å². The summed E-state index contributed by atoms with van der Waals surface area (Å²) in [5.41, 5.74) is -2.57. The molecule has 2 amide bonds. The van der Waals surface area contributed by atoms with Crippen LogP contribution in [0.5, 0.6) is 0 Å². The zero-order chi connectivity index (χ0) is 20.2. The number of amides is 2. The minimum Gasteiger partial charge on any atom is -0.269 e. The number of halogens is 2. The number of hydrogen-bond donors (Lipinski definition) is 0. The first-order valence-corrected chi connectivity index (χ1v) is 8.10. The Labute approximate surface area is 155 Å². The lowest BCUT2D eigenvalue weighted by Gasteiger charge is -2.20. The highest BCUT2D eigenvalue weighted by Crippen LogP contribution is 2.21. The van der Waals surface area contributed by atoms with E-state index in [0.717, 1.165) is 18.2 Å². The van der Waals surface area contributed by atoms with Gasteiger partial charge >= 0.3 is 5.69 Å². The van der Waals surface area contributed by atoms with Gasteiger partial charge in [-0.15, -0.1) is 0 Å². The molecule has 0 aliphatic carbocycles. The van der Waals surface area contributed by atoms with E-state index in [4.69, 9.17) is 0 Å². The van der Waals surface area contributed by atoms with Gasteiger partial charge in [0.15, 0.2) is 0 Å². The molecule has 0 spiro atoms. The van der Waals surface area contributed by atoms with Crippen LogP contribution >= 0.6 is 0 Å². The molecule has 7 nitrogen and oxygen atoms in total. The Bertz CT molecular complexity index is 1260. The van der Waals surface area contributed by atoms with Gasteiger partial charge in [-0.2, -0.15) is 9.69 Å². The number of carbonyl (C=O) groups excluding carboxylic acids is 2. The summed E-state index contributed by atoms with van der Waals surface area (Å²) in [6, 6.07) is 9.22. The number of aryl methyl sites for hydroxylation is 1. The maximum atomic E-state index is 14.2. The van der Waals surface area contributed by atoms with Crippen LogP contribution in [0.25, 0.3) is 5.69 Å². The fourth-order valence-corrected chi connectivity index (χ4v) is 3.12. The van der Waals surface area contributed by atoms with Crippen LogP contribution in [0, 0.1) is 18.6 Å². The monoisotopic (exact) mass is 383 g/mol. The Hall–Kier alpha value is -3.88. The number of nitrogens with zero attached hydrogens (tertiary/aromatic N) is 3. The summed E-state index contributed by atoms with van der Waals surface area (Å²) >= 11 is 0. The Morgan fingerprint density at radius 3 is 2.04 bits per heavy atom. The van der Waals surface area contributed by atoms with Crippen molar-refractivity contribution >= 4 is 11.8 Å². The molecule has 0 atom stereocenters. The van der Waals surface area contributed by atoms with E-state index in [2.05, 4.69) is 0 Å². The third kappa shape index (κ3) is 2.40. The molecule has 2 heterocycles. The van der Waals surface area contributed by atoms with Crippen LogP contribution in [0.3, 0.4) is 0 Å². The number of hydrogen-bond acceptors (Lipinski definition) is 4. The lowest BCUT2D eigenvalue weighted by Crippen LogP contribution is -2.52. The van der Waals surface area contributed by atoms with Crippen molar-refractivity contribution in [2.75, 3.05) is 5.01 Å². The molecule has 1 aliphatic rings. The molecule has 0 saturated heterocycles. The van der Waals surface area contributed by atoms with Crippen molar-refractivity contribution in [2.24, 2.45) is 0 Å². The quantitative estimate of drug-likeness (QED) is 0.629. The van der Waals surface area contributed by atoms with Gasteiger partial charge in [0.25, 0.3) is 17.4 Å². The Morgan fingerprint density at radius 1 is 0.821 bits per heavy atom. The molecule has 0 bridgehead atoms. The molecule has 28 heavy (non-hydrogen) atoms. The van der Waals surface area contributed by atoms with Gasteiger partial charge in [0.1, 0.15) is 11.6 Å². The molecule has 0 unspecified atom stereocenters. The lowest BCUT2D eigenvalue weighted by atomic mass is 10.1. The molecule has 9 heteroatoms. The van der Waals surface area contributed by atoms with E-state index in [1.807, 2.05) is 0 Å². The highest BCUT2D eigenvalue weighted by atomic mass is 19.1. The van der Waals surface area contributed by atoms with Crippen molar-refractivity contribution < 1.29 is 18.4 Å². The van der Waals surface area contributed by atoms with E-state index >= 15 is 0 Å². The number of imide groups is 1. The second-order valence-electron chi connectivity index (χ2n) is 6.12. The molecular formula is C19H11F2N3O4. The highest BCUT2D eigenvalue weighted by Gasteiger charge is 2.38. The summed E-state index contributed by atoms with van der Waals surface area (Å²) in [5, 5.41) is 0.579. The molecule has 0 saturated carbocycles. The van der Waals surface area contributed by atoms with E-state index in [0.29, 0.717) is 20.3 Å². The standard InChI is InChI=1S/C19H11F2N3O4/c1-10-8-16(25)22(15-9-11(20)6-7-14(15)21)19(28)23(10)24-17(26)12-4-2-3-5-13(12)18(24)27/h2-9H,1H3. The van der Waals surface area contributed by atoms with Crippen molar-refractivity contribution in [3.05, 3.63) is 97.8 Å². The van der Waals surface area contributed by atoms with Gasteiger partial charge in [0, 0.05) is 17.8 Å². The molecule has 1 aliphatic heterocycles. The maximum absolute atomic E-state index is 14.2. The van der Waals surface area contributed by atoms with Crippen LogP contribution in [0.2, 0.25) is 0 Å². The van der Waals surface area contributed by atoms with Gasteiger partial charge < -0.3 is 0 Å². The molecule has 2 aromatic carbocycles. The summed E-state index contributed by atoms with van der Waals surface area (Å²) in [4.78, 5) is 50.7. The normalized spacial score (nSPS) is 13.2. The fraction of sp³-hybridized carbons (Fsp3) is 0.0526. The van der Waals surface area contributed by atoms with Gasteiger partial charge in [-0.05, 0) is 31.2 Å². The topological polar surface area (TPSA) is 81.4 Å². The minimum atomic E-state index is -1.18. The maximum Gasteiger partial charge on any atom is 0.355 e. The van der Waals surface area contributed by atoms with Gasteiger partial charge in [-0.1, -0.05) is 12.1 Å². The van der Waals surface area contributed by atoms with Crippen molar-refractivity contribution in [3.63, 3.8) is 0 Å². The van der Waals surface area contributed by atoms with E-state index in [-0.39, 0.29) is 16.8 Å². The van der Waals surface area contributed by atoms with Crippen LogP contribution in [0.4, 0.5) is 8.78 Å². The minimum absolute atomic E-state index is 0.0161. The Balaban J connectivity index is 2.00. The molecule has 0 fully saturated rings. The number of fused-ring (bicyclic) bond motifs is 1. The Morgan fingerprint density at radius 2 is 1.43 bits per heavy atom. The van der Waals surface area contributed by atoms with Gasteiger partial charge in [-0.25, -0.2) is 18.1 Å². The van der Waals surface area contributed by atoms with Crippen LogP contribution in [0.15, 0.2) is 58.1 Å². The van der Waals surface area contributed by atoms with E-state index < -0.39 is 40.4 Å². The molecule has 0 N–H and O–H groups in total. The predicted octanol–water partition coefficient (Wildman–Crippen LogP) is 1.52. The summed E-state index contributed by atoms with van der Waals surface area (Å²) in [5.74, 6) is -3.42. The first-order chi connectivity index (χ1) is 13.3. The van der Waals surface area contributed by atoms with Crippen molar-refractivity contribution in [1.82, 2.24) is 9.24 Å². The van der Waals surface area contributed by atoms with E-state index in [9.17, 15) is 28.0 Å². The predicted molar refractivity (Wildman–Crippen MR) is 94.3 cm³/mol. The van der Waals surface area contributed by atoms with Gasteiger partial charge in [0.2, 0.25) is 0 Å². The van der Waals surface area contributed by atoms with Crippen LogP contribution in [-0.2, 0) is 0 Å². The smallest absolute Gasteiger partial charge is 0.269 e. The first kappa shape index (κ1) is 17.5. The number of aromatic nitrogens is 2. The third-order valence-electron chi connectivity index (χ3n) is 4.38. The van der Waals surface area contributed by atoms with E-state index in [1.165, 1.54) is 19.1 Å². The highest BCUT2D eigenvalue weighted by molar-refractivity contribution is 6.30. The summed E-state index contributed by atoms with van der Waals surface area (Å²) in [7, 11) is 0. The summed E-state index contributed by atoms with van der Waals surface area (Å²) < 4.78 is 28.8. The molecular weight excluding hydrogens is 372 g/mol. The van der Waals surface area contributed by atoms with Crippen LogP contribution in [0.1, 0.15) is 26.4 Å². The third-order valence-corrected chi connectivity index (χ3v) is 4.38. The molecule has 4 rings (SSSR count). The molecule has 140 valence electrons. The molecule has 1 aromatic heterocycles. The average molecular weight is 383 g/mol. The van der Waals surface area contributed by atoms with Crippen LogP contribution < -0.4 is 16.3 Å². The summed E-state index contributed by atoms with van der Waals surface area (Å²) in [6.45, 7) is 1.35. The second-order valence-corrected chi connectivity index (χ2v) is 6.12. The average Bonchev–Trinajstić information content (AvgIpc) is 2.90. The first-order valence-electron chi connectivity index (χ1n) is 8.10. The number of rotatable bonds is 2. The van der Waals surface area contributed by atoms with Gasteiger partial charge in [-0.3, -0.25) is 14.4 Å². The fourth-order valence-electron chi connectivity index (χ4n) is 3.12. The largest absolute Gasteiger partial charge is 0.355 e. The van der Waals surface area contributed by atoms with Gasteiger partial charge in [0.05, 0.1) is 16.8 Å². The number of carbonyl (C=O) groups is 2. The van der Waals surface area contributed by atoms with Crippen molar-refractivity contribution in [2.45, 2.75) is 6.92 Å². The van der Waals surface area contributed by atoms with Crippen molar-refractivity contribution in [1.29, 1.82) is 0 Å². The van der Waals surface area contributed by atoms with Crippen molar-refractivity contribution in [3.8, 4) is 5.69 Å². The number of benzene rings is 2. The summed E-state index contributed by atoms with van der Waals surface area (Å²) in [6.07, 6.45) is 0. The zero-order valence-corrected chi connectivity index (χ0v) is 14.3. The second kappa shape index (κ2) is 6.08. The molecule has 0 radical (unpaired) electrons. The molecule has 3 aromatic rings. The van der Waals surface area contributed by atoms with E-state index in [1.54, 1.807) is 12.1 Å². The lowest BCUT2D eigenvalue weighted by molar-refractivity contribution is 0.0881. The Kier molecular flexibility index (Phi) is 3.81. The zero-order valence-electron chi connectivity index (χ0n) is 14.3.